The van der Waals surface area contributed by atoms with Gasteiger partial charge in [0, 0.05) is 11.6 Å². The van der Waals surface area contributed by atoms with Crippen molar-refractivity contribution in [3.8, 4) is 0 Å². The predicted octanol–water partition coefficient (Wildman–Crippen LogP) is 3.27. The lowest BCUT2D eigenvalue weighted by atomic mass is 9.51. The number of amides is 2. The lowest BCUT2D eigenvalue weighted by Crippen LogP contribution is -2.67. The highest BCUT2D eigenvalue weighted by molar-refractivity contribution is 14.1. The first-order valence-corrected chi connectivity index (χ1v) is 10.0. The van der Waals surface area contributed by atoms with Gasteiger partial charge in [-0.2, -0.15) is 0 Å². The van der Waals surface area contributed by atoms with Crippen molar-refractivity contribution in [1.29, 1.82) is 0 Å². The lowest BCUT2D eigenvalue weighted by molar-refractivity contribution is -0.139. The topological polar surface area (TPSA) is 52.6 Å². The highest BCUT2D eigenvalue weighted by atomic mass is 127. The summed E-state index contributed by atoms with van der Waals surface area (Å²) in [5.74, 6) is 1.77. The Morgan fingerprint density at radius 3 is 2.32 bits per heavy atom. The quantitative estimate of drug-likeness (QED) is 0.390. The van der Waals surface area contributed by atoms with Gasteiger partial charge >= 0.3 is 6.03 Å². The van der Waals surface area contributed by atoms with Gasteiger partial charge < -0.3 is 15.3 Å². The van der Waals surface area contributed by atoms with E-state index in [1.807, 2.05) is 4.90 Å². The van der Waals surface area contributed by atoms with Gasteiger partial charge in [-0.1, -0.05) is 29.5 Å². The number of hydrogen-bond acceptors (Lipinski definition) is 2. The van der Waals surface area contributed by atoms with Gasteiger partial charge in [-0.3, -0.25) is 0 Å². The average molecular weight is 418 g/mol. The van der Waals surface area contributed by atoms with Crippen LogP contribution in [0, 0.1) is 17.8 Å². The second-order valence-corrected chi connectivity index (χ2v) is 10.0. The summed E-state index contributed by atoms with van der Waals surface area (Å²) in [6.07, 6.45) is 7.15. The summed E-state index contributed by atoms with van der Waals surface area (Å²) in [5, 5.41) is 14.2. The zero-order chi connectivity index (χ0) is 15.7. The maximum Gasteiger partial charge on any atom is 0.318 e. The summed E-state index contributed by atoms with van der Waals surface area (Å²) in [5.41, 5.74) is -0.650. The molecule has 22 heavy (non-hydrogen) atoms. The van der Waals surface area contributed by atoms with Crippen LogP contribution in [0.2, 0.25) is 0 Å². The summed E-state index contributed by atoms with van der Waals surface area (Å²) >= 11 is 2.41. The van der Waals surface area contributed by atoms with Crippen molar-refractivity contribution in [3.63, 3.8) is 0 Å². The molecule has 0 radical (unpaired) electrons. The molecule has 5 fully saturated rings. The van der Waals surface area contributed by atoms with Gasteiger partial charge in [-0.15, -0.1) is 0 Å². The molecule has 0 spiro atoms. The third-order valence-electron chi connectivity index (χ3n) is 6.56. The number of nitrogens with one attached hydrogen (secondary N) is 1. The molecule has 4 nitrogen and oxygen atoms in total. The number of carbonyl (C=O) groups excluding carboxylic acids is 1. The Morgan fingerprint density at radius 1 is 1.18 bits per heavy atom. The number of hydrogen-bond donors (Lipinski definition) is 2. The van der Waals surface area contributed by atoms with E-state index < -0.39 is 5.60 Å². The van der Waals surface area contributed by atoms with E-state index in [-0.39, 0.29) is 15.6 Å². The molecule has 1 heterocycles. The van der Waals surface area contributed by atoms with Crippen molar-refractivity contribution < 1.29 is 9.90 Å². The molecule has 2 amide bonds. The number of urea groups is 1. The molecular formula is C17H27IN2O2. The van der Waals surface area contributed by atoms with Crippen LogP contribution in [0.15, 0.2) is 0 Å². The molecular weight excluding hydrogens is 391 g/mol. The molecule has 4 unspecified atom stereocenters. The Bertz CT molecular complexity index is 483. The molecule has 7 atom stereocenters. The molecule has 0 aromatic rings. The van der Waals surface area contributed by atoms with Crippen LogP contribution in [0.1, 0.15) is 58.8 Å². The Kier molecular flexibility index (Phi) is 3.50. The van der Waals surface area contributed by atoms with Gasteiger partial charge in [0.2, 0.25) is 0 Å². The van der Waals surface area contributed by atoms with Crippen molar-refractivity contribution in [2.75, 3.05) is 0 Å². The molecule has 5 heteroatoms. The fourth-order valence-electron chi connectivity index (χ4n) is 6.25. The second-order valence-electron chi connectivity index (χ2n) is 8.74. The van der Waals surface area contributed by atoms with E-state index >= 15 is 0 Å². The highest BCUT2D eigenvalue weighted by Crippen LogP contribution is 2.57. The van der Waals surface area contributed by atoms with Crippen LogP contribution in [0.4, 0.5) is 4.79 Å². The first-order chi connectivity index (χ1) is 10.3. The smallest absolute Gasteiger partial charge is 0.318 e. The number of aliphatic hydroxyl groups is 1. The van der Waals surface area contributed by atoms with Crippen molar-refractivity contribution >= 4 is 28.6 Å². The zero-order valence-corrected chi connectivity index (χ0v) is 15.7. The maximum atomic E-state index is 12.9. The molecule has 4 bridgehead atoms. The number of likely N-dealkylation sites (tertiary alicyclic amines) is 1. The van der Waals surface area contributed by atoms with E-state index in [0.29, 0.717) is 23.8 Å². The Hall–Kier alpha value is -0.0400. The minimum Gasteiger partial charge on any atom is -0.390 e. The van der Waals surface area contributed by atoms with Crippen molar-refractivity contribution in [2.24, 2.45) is 17.8 Å². The van der Waals surface area contributed by atoms with E-state index in [1.54, 1.807) is 0 Å². The molecule has 0 aromatic carbocycles. The van der Waals surface area contributed by atoms with E-state index in [1.165, 1.54) is 6.42 Å². The standard InChI is InChI=1S/C17H27IN2O2/c1-10-3-11(2)20(14(10)18)15(21)19-16-5-12-4-13(6-16)8-17(22,7-12)9-16/h10-14,22H,3-9H2,1-2H3,(H,19,21)/t10-,11?,12+,13?,14+,16?,17?/m0/s1. The minimum absolute atomic E-state index is 0.0989. The van der Waals surface area contributed by atoms with Crippen LogP contribution in [-0.2, 0) is 0 Å². The first kappa shape index (κ1) is 15.5. The molecule has 5 aliphatic rings. The molecule has 4 saturated carbocycles. The van der Waals surface area contributed by atoms with Crippen molar-refractivity contribution in [2.45, 2.75) is 80.0 Å². The number of carbonyl (C=O) groups is 1. The molecule has 5 rings (SSSR count). The predicted molar refractivity (Wildman–Crippen MR) is 93.8 cm³/mol. The zero-order valence-electron chi connectivity index (χ0n) is 13.5. The fraction of sp³-hybridized carbons (Fsp3) is 0.941. The van der Waals surface area contributed by atoms with Crippen LogP contribution >= 0.6 is 22.6 Å². The van der Waals surface area contributed by atoms with Gasteiger partial charge in [0.1, 0.15) is 0 Å². The van der Waals surface area contributed by atoms with Crippen molar-refractivity contribution in [3.05, 3.63) is 0 Å². The monoisotopic (exact) mass is 418 g/mol. The number of nitrogens with zero attached hydrogens (tertiary/aromatic N) is 1. The molecule has 0 aromatic heterocycles. The van der Waals surface area contributed by atoms with Crippen LogP contribution in [-0.4, -0.2) is 37.3 Å². The summed E-state index contributed by atoms with van der Waals surface area (Å²) in [7, 11) is 0. The van der Waals surface area contributed by atoms with E-state index in [2.05, 4.69) is 41.8 Å². The third-order valence-corrected chi connectivity index (χ3v) is 8.39. The van der Waals surface area contributed by atoms with Crippen LogP contribution < -0.4 is 5.32 Å². The number of halogens is 1. The summed E-state index contributed by atoms with van der Waals surface area (Å²) in [6, 6.07) is 0.413. The van der Waals surface area contributed by atoms with E-state index in [4.69, 9.17) is 0 Å². The largest absolute Gasteiger partial charge is 0.390 e. The van der Waals surface area contributed by atoms with E-state index in [0.717, 1.165) is 38.5 Å². The van der Waals surface area contributed by atoms with Crippen LogP contribution in [0.25, 0.3) is 0 Å². The summed E-state index contributed by atoms with van der Waals surface area (Å²) in [4.78, 5) is 15.0. The average Bonchev–Trinajstić information content (AvgIpc) is 2.59. The van der Waals surface area contributed by atoms with Gasteiger partial charge in [0.25, 0.3) is 0 Å². The summed E-state index contributed by atoms with van der Waals surface area (Å²) in [6.45, 7) is 4.39. The normalized spacial score (nSPS) is 53.1. The molecule has 2 N–H and O–H groups in total. The molecule has 1 aliphatic heterocycles. The second kappa shape index (κ2) is 4.98. The highest BCUT2D eigenvalue weighted by Gasteiger charge is 2.58. The lowest BCUT2D eigenvalue weighted by Gasteiger charge is -2.60. The van der Waals surface area contributed by atoms with Crippen molar-refractivity contribution in [1.82, 2.24) is 10.2 Å². The Balaban J connectivity index is 1.52. The Labute approximate surface area is 146 Å². The SMILES string of the molecule is CC1C[C@H](C)[C@H](I)N1C(=O)NC12CC3C[C@@H](CC(O)(C3)C1)C2. The fourth-order valence-corrected chi connectivity index (χ4v) is 7.34. The molecule has 124 valence electrons. The summed E-state index contributed by atoms with van der Waals surface area (Å²) < 4.78 is 0.282. The van der Waals surface area contributed by atoms with Gasteiger partial charge in [0.05, 0.1) is 9.65 Å². The van der Waals surface area contributed by atoms with Gasteiger partial charge in [0.15, 0.2) is 0 Å². The Morgan fingerprint density at radius 2 is 1.82 bits per heavy atom. The van der Waals surface area contributed by atoms with E-state index in [9.17, 15) is 9.90 Å². The minimum atomic E-state index is -0.509. The molecule has 1 saturated heterocycles. The first-order valence-electron chi connectivity index (χ1n) is 8.76. The number of rotatable bonds is 1. The van der Waals surface area contributed by atoms with Crippen LogP contribution in [0.3, 0.4) is 0 Å². The van der Waals surface area contributed by atoms with Gasteiger partial charge in [-0.05, 0) is 69.6 Å². The number of alkyl halides is 1. The molecule has 4 aliphatic carbocycles. The van der Waals surface area contributed by atoms with Crippen LogP contribution in [0.5, 0.6) is 0 Å². The third kappa shape index (κ3) is 2.38. The maximum absolute atomic E-state index is 12.9. The van der Waals surface area contributed by atoms with Gasteiger partial charge in [-0.25, -0.2) is 4.79 Å².